The first-order valence-electron chi connectivity index (χ1n) is 8.37. The van der Waals surface area contributed by atoms with Gasteiger partial charge >= 0.3 is 0 Å². The van der Waals surface area contributed by atoms with Crippen LogP contribution in [0.3, 0.4) is 0 Å². The molecule has 2 nitrogen and oxygen atoms in total. The summed E-state index contributed by atoms with van der Waals surface area (Å²) in [5, 5.41) is 0. The van der Waals surface area contributed by atoms with E-state index in [4.69, 9.17) is 17.6 Å². The molecule has 0 saturated carbocycles. The molecule has 0 aliphatic rings. The van der Waals surface area contributed by atoms with Gasteiger partial charge < -0.3 is 9.64 Å². The van der Waals surface area contributed by atoms with Crippen LogP contribution in [0.1, 0.15) is 52.0 Å². The van der Waals surface area contributed by atoms with Crippen LogP contribution >= 0.6 is 0 Å². The van der Waals surface area contributed by atoms with Crippen molar-refractivity contribution in [2.75, 3.05) is 18.0 Å². The lowest BCUT2D eigenvalue weighted by molar-refractivity contribution is -0.0364. The van der Waals surface area contributed by atoms with Gasteiger partial charge in [0.25, 0.3) is 0 Å². The first-order valence-corrected chi connectivity index (χ1v) is 8.37. The Morgan fingerprint density at radius 3 is 2.17 bits per heavy atom. The van der Waals surface area contributed by atoms with Gasteiger partial charge in [0.2, 0.25) is 0 Å². The highest BCUT2D eigenvalue weighted by Gasteiger charge is 2.17. The third-order valence-electron chi connectivity index (χ3n) is 3.88. The topological polar surface area (TPSA) is 12.5 Å². The molecular formula is C21H29NO. The SMILES string of the molecule is C#CCN(CC#C)c1ccc(COC(C)(C)CCCCC)cc1. The number of hydrogen-bond donors (Lipinski definition) is 0. The van der Waals surface area contributed by atoms with Crippen LogP contribution in [-0.2, 0) is 11.3 Å². The molecule has 124 valence electrons. The smallest absolute Gasteiger partial charge is 0.0801 e. The van der Waals surface area contributed by atoms with Crippen LogP contribution in [0, 0.1) is 24.7 Å². The molecule has 0 heterocycles. The van der Waals surface area contributed by atoms with E-state index in [9.17, 15) is 0 Å². The third-order valence-corrected chi connectivity index (χ3v) is 3.88. The summed E-state index contributed by atoms with van der Waals surface area (Å²) in [6, 6.07) is 8.27. The van der Waals surface area contributed by atoms with E-state index in [-0.39, 0.29) is 5.60 Å². The lowest BCUT2D eigenvalue weighted by Crippen LogP contribution is -2.24. The minimum atomic E-state index is -0.0766. The van der Waals surface area contributed by atoms with Gasteiger partial charge in [-0.2, -0.15) is 0 Å². The Morgan fingerprint density at radius 1 is 1.04 bits per heavy atom. The molecule has 0 unspecified atom stereocenters. The van der Waals surface area contributed by atoms with Crippen LogP contribution in [0.5, 0.6) is 0 Å². The largest absolute Gasteiger partial charge is 0.371 e. The maximum absolute atomic E-state index is 6.08. The summed E-state index contributed by atoms with van der Waals surface area (Å²) in [6.07, 6.45) is 15.6. The molecule has 23 heavy (non-hydrogen) atoms. The van der Waals surface area contributed by atoms with Crippen LogP contribution < -0.4 is 4.90 Å². The lowest BCUT2D eigenvalue weighted by Gasteiger charge is -2.26. The molecule has 1 aromatic carbocycles. The fourth-order valence-electron chi connectivity index (χ4n) is 2.41. The van der Waals surface area contributed by atoms with Crippen molar-refractivity contribution in [3.63, 3.8) is 0 Å². The Morgan fingerprint density at radius 2 is 1.65 bits per heavy atom. The number of unbranched alkanes of at least 4 members (excludes halogenated alkanes) is 2. The molecule has 0 saturated heterocycles. The molecular weight excluding hydrogens is 282 g/mol. The Hall–Kier alpha value is -1.90. The van der Waals surface area contributed by atoms with Crippen molar-refractivity contribution in [2.45, 2.75) is 58.7 Å². The first kappa shape index (κ1) is 19.1. The van der Waals surface area contributed by atoms with Crippen LogP contribution in [-0.4, -0.2) is 18.7 Å². The fraction of sp³-hybridized carbons (Fsp3) is 0.524. The average Bonchev–Trinajstić information content (AvgIpc) is 2.53. The van der Waals surface area contributed by atoms with E-state index >= 15 is 0 Å². The number of nitrogens with zero attached hydrogens (tertiary/aromatic N) is 1. The quantitative estimate of drug-likeness (QED) is 0.461. The Bertz CT molecular complexity index is 514. The van der Waals surface area contributed by atoms with Crippen molar-refractivity contribution in [1.82, 2.24) is 0 Å². The van der Waals surface area contributed by atoms with Crippen molar-refractivity contribution in [3.05, 3.63) is 29.8 Å². The second-order valence-electron chi connectivity index (χ2n) is 6.44. The standard InChI is InChI=1S/C21H29NO/c1-6-9-10-15-21(4,5)23-18-19-11-13-20(14-12-19)22(16-7-2)17-8-3/h2-3,11-14H,6,9-10,15-18H2,1,4-5H3. The van der Waals surface area contributed by atoms with E-state index in [1.54, 1.807) is 0 Å². The summed E-state index contributed by atoms with van der Waals surface area (Å²) in [4.78, 5) is 2.00. The Balaban J connectivity index is 2.57. The number of ether oxygens (including phenoxy) is 1. The Kier molecular flexibility index (Phi) is 8.31. The molecule has 0 atom stereocenters. The van der Waals surface area contributed by atoms with Crippen molar-refractivity contribution in [1.29, 1.82) is 0 Å². The normalized spacial score (nSPS) is 10.8. The van der Waals surface area contributed by atoms with E-state index in [1.807, 2.05) is 4.90 Å². The minimum absolute atomic E-state index is 0.0766. The van der Waals surface area contributed by atoms with Gasteiger partial charge in [-0.05, 0) is 38.0 Å². The summed E-state index contributed by atoms with van der Waals surface area (Å²) < 4.78 is 6.08. The maximum atomic E-state index is 6.08. The van der Waals surface area contributed by atoms with Crippen molar-refractivity contribution in [2.24, 2.45) is 0 Å². The fourth-order valence-corrected chi connectivity index (χ4v) is 2.41. The summed E-state index contributed by atoms with van der Waals surface area (Å²) in [5.41, 5.74) is 2.14. The summed E-state index contributed by atoms with van der Waals surface area (Å²) in [7, 11) is 0. The predicted octanol–water partition coefficient (Wildman–Crippen LogP) is 4.63. The van der Waals surface area contributed by atoms with Gasteiger partial charge in [0, 0.05) is 5.69 Å². The number of terminal acetylenes is 2. The second kappa shape index (κ2) is 9.98. The molecule has 0 aliphatic carbocycles. The molecule has 0 bridgehead atoms. The molecule has 0 amide bonds. The summed E-state index contributed by atoms with van der Waals surface area (Å²) in [6.45, 7) is 8.22. The average molecular weight is 311 g/mol. The monoisotopic (exact) mass is 311 g/mol. The highest BCUT2D eigenvalue weighted by Crippen LogP contribution is 2.21. The molecule has 1 aromatic rings. The van der Waals surface area contributed by atoms with Crippen molar-refractivity contribution < 1.29 is 4.74 Å². The molecule has 0 fully saturated rings. The zero-order valence-corrected chi connectivity index (χ0v) is 14.8. The predicted molar refractivity (Wildman–Crippen MR) is 99.3 cm³/mol. The van der Waals surface area contributed by atoms with Crippen LogP contribution in [0.2, 0.25) is 0 Å². The minimum Gasteiger partial charge on any atom is -0.371 e. The lowest BCUT2D eigenvalue weighted by atomic mass is 10.0. The van der Waals surface area contributed by atoms with Crippen LogP contribution in [0.4, 0.5) is 5.69 Å². The van der Waals surface area contributed by atoms with Crippen LogP contribution in [0.15, 0.2) is 24.3 Å². The van der Waals surface area contributed by atoms with E-state index in [0.717, 1.165) is 12.1 Å². The second-order valence-corrected chi connectivity index (χ2v) is 6.44. The number of rotatable bonds is 10. The zero-order valence-electron chi connectivity index (χ0n) is 14.8. The van der Waals surface area contributed by atoms with E-state index in [0.29, 0.717) is 19.7 Å². The van der Waals surface area contributed by atoms with Crippen molar-refractivity contribution >= 4 is 5.69 Å². The Labute approximate surface area is 142 Å². The summed E-state index contributed by atoms with van der Waals surface area (Å²) in [5.74, 6) is 5.28. The molecule has 0 radical (unpaired) electrons. The number of benzene rings is 1. The van der Waals surface area contributed by atoms with Crippen LogP contribution in [0.25, 0.3) is 0 Å². The van der Waals surface area contributed by atoms with Crippen molar-refractivity contribution in [3.8, 4) is 24.7 Å². The van der Waals surface area contributed by atoms with Gasteiger partial charge in [-0.15, -0.1) is 12.8 Å². The first-order chi connectivity index (χ1) is 11.0. The molecule has 2 heteroatoms. The zero-order chi connectivity index (χ0) is 17.1. The van der Waals surface area contributed by atoms with E-state index in [2.05, 4.69) is 56.9 Å². The number of anilines is 1. The van der Waals surface area contributed by atoms with Gasteiger partial charge in [-0.3, -0.25) is 0 Å². The highest BCUT2D eigenvalue weighted by molar-refractivity contribution is 5.49. The van der Waals surface area contributed by atoms with Gasteiger partial charge in [0.1, 0.15) is 0 Å². The molecule has 0 aromatic heterocycles. The molecule has 0 spiro atoms. The van der Waals surface area contributed by atoms with Gasteiger partial charge in [0.15, 0.2) is 0 Å². The van der Waals surface area contributed by atoms with Gasteiger partial charge in [0.05, 0.1) is 25.3 Å². The molecule has 0 N–H and O–H groups in total. The number of hydrogen-bond acceptors (Lipinski definition) is 2. The molecule has 0 aliphatic heterocycles. The van der Waals surface area contributed by atoms with E-state index < -0.39 is 0 Å². The van der Waals surface area contributed by atoms with E-state index in [1.165, 1.54) is 24.8 Å². The summed E-state index contributed by atoms with van der Waals surface area (Å²) >= 11 is 0. The van der Waals surface area contributed by atoms with Gasteiger partial charge in [-0.1, -0.05) is 50.2 Å². The maximum Gasteiger partial charge on any atom is 0.0801 e. The highest BCUT2D eigenvalue weighted by atomic mass is 16.5. The molecule has 1 rings (SSSR count). The third kappa shape index (κ3) is 7.27. The van der Waals surface area contributed by atoms with Gasteiger partial charge in [-0.25, -0.2) is 0 Å².